The minimum absolute atomic E-state index is 0.321. The Morgan fingerprint density at radius 2 is 1.79 bits per heavy atom. The van der Waals surface area contributed by atoms with E-state index in [1.165, 1.54) is 31.4 Å². The van der Waals surface area contributed by atoms with Crippen molar-refractivity contribution in [2.24, 2.45) is 17.8 Å². The van der Waals surface area contributed by atoms with E-state index in [1.54, 1.807) is 0 Å². The van der Waals surface area contributed by atoms with E-state index < -0.39 is 11.4 Å². The van der Waals surface area contributed by atoms with Crippen molar-refractivity contribution < 1.29 is 9.29 Å². The summed E-state index contributed by atoms with van der Waals surface area (Å²) in [5.41, 5.74) is 5.35. The molecule has 5 rings (SSSR count). The van der Waals surface area contributed by atoms with Crippen molar-refractivity contribution in [2.45, 2.75) is 64.7 Å². The van der Waals surface area contributed by atoms with Crippen LogP contribution in [0.3, 0.4) is 0 Å². The third kappa shape index (κ3) is 6.76. The molecule has 6 nitrogen and oxygen atoms in total. The summed E-state index contributed by atoms with van der Waals surface area (Å²) in [6.45, 7) is 12.8. The average molecular weight is 547 g/mol. The Kier molecular flexibility index (Phi) is 9.10. The number of piperidine rings is 1. The molecule has 0 spiro atoms. The zero-order valence-corrected chi connectivity index (χ0v) is 24.6. The lowest BCUT2D eigenvalue weighted by atomic mass is 9.81. The summed E-state index contributed by atoms with van der Waals surface area (Å²) in [6, 6.07) is 16.3. The van der Waals surface area contributed by atoms with Gasteiger partial charge in [-0.2, -0.15) is 9.71 Å². The number of fused-ring (bicyclic) bond motifs is 5. The van der Waals surface area contributed by atoms with Crippen LogP contribution in [-0.2, 0) is 17.8 Å². The summed E-state index contributed by atoms with van der Waals surface area (Å²) in [5, 5.41) is 0. The van der Waals surface area contributed by atoms with Gasteiger partial charge in [-0.15, -0.1) is 0 Å². The van der Waals surface area contributed by atoms with Gasteiger partial charge < -0.3 is 14.2 Å². The molecule has 3 heterocycles. The Bertz CT molecular complexity index is 1240. The monoisotopic (exact) mass is 546 g/mol. The predicted octanol–water partition coefficient (Wildman–Crippen LogP) is 6.59. The number of hydrogen-bond donors (Lipinski definition) is 1. The molecule has 2 aromatic carbocycles. The fourth-order valence-corrected chi connectivity index (χ4v) is 7.03. The third-order valence-corrected chi connectivity index (χ3v) is 9.68. The number of likely N-dealkylation sites (tertiary alicyclic amines) is 1. The Hall–Kier alpha value is -2.61. The Morgan fingerprint density at radius 1 is 1.03 bits per heavy atom. The van der Waals surface area contributed by atoms with Crippen LogP contribution in [0.2, 0.25) is 0 Å². The van der Waals surface area contributed by atoms with Gasteiger partial charge in [0.05, 0.1) is 12.3 Å². The van der Waals surface area contributed by atoms with Crippen LogP contribution in [0.1, 0.15) is 56.2 Å². The number of nitrogens with zero attached hydrogens (tertiary/aromatic N) is 3. The van der Waals surface area contributed by atoms with Gasteiger partial charge in [0, 0.05) is 30.6 Å². The number of aryl methyl sites for hydroxylation is 3. The smallest absolute Gasteiger partial charge is 0.269 e. The summed E-state index contributed by atoms with van der Waals surface area (Å²) in [7, 11) is 0. The van der Waals surface area contributed by atoms with Crippen LogP contribution >= 0.6 is 0 Å². The lowest BCUT2D eigenvalue weighted by Gasteiger charge is -2.40. The highest BCUT2D eigenvalue weighted by atomic mass is 32.2. The summed E-state index contributed by atoms with van der Waals surface area (Å²) in [6.07, 6.45) is 5.74. The maximum absolute atomic E-state index is 13.3. The standard InChI is InChI=1S/C32H42N4O2S/c1-5-24(6-2)19-36-16-15-26-14-13-25-11-8-12-28(17-25)39(37)35-32-33-29(31-22(3)9-7-10-23(31)4)18-30(34-32)38-21-27(26)20-36/h7-12,17-18,24,26-27H,5-6,13-16,19-21H2,1-4H3,(H,33,34,35)/t26?,27-,39?/m1/s1. The fourth-order valence-electron chi connectivity index (χ4n) is 6.20. The van der Waals surface area contributed by atoms with Crippen LogP contribution in [0, 0.1) is 31.6 Å². The van der Waals surface area contributed by atoms with E-state index in [1.807, 2.05) is 18.2 Å². The lowest BCUT2D eigenvalue weighted by molar-refractivity contribution is 0.0647. The number of rotatable bonds is 5. The predicted molar refractivity (Wildman–Crippen MR) is 159 cm³/mol. The summed E-state index contributed by atoms with van der Waals surface area (Å²) in [5.74, 6) is 2.62. The maximum Gasteiger partial charge on any atom is 0.269 e. The molecule has 0 amide bonds. The van der Waals surface area contributed by atoms with Gasteiger partial charge >= 0.3 is 0 Å². The van der Waals surface area contributed by atoms with Crippen LogP contribution < -0.4 is 9.46 Å². The molecule has 0 radical (unpaired) electrons. The number of aromatic nitrogens is 2. The van der Waals surface area contributed by atoms with Gasteiger partial charge in [0.15, 0.2) is 4.90 Å². The first-order chi connectivity index (χ1) is 18.9. The van der Waals surface area contributed by atoms with Crippen molar-refractivity contribution >= 4 is 17.3 Å². The Labute approximate surface area is 236 Å². The number of hydrogen-bond acceptors (Lipinski definition) is 6. The van der Waals surface area contributed by atoms with Crippen LogP contribution in [0.15, 0.2) is 53.4 Å². The normalized spacial score (nSPS) is 21.9. The Morgan fingerprint density at radius 3 is 2.56 bits per heavy atom. The molecular formula is C32H42N4O2S. The zero-order valence-electron chi connectivity index (χ0n) is 23.8. The minimum atomic E-state index is -1.48. The van der Waals surface area contributed by atoms with E-state index in [2.05, 4.69) is 72.6 Å². The minimum Gasteiger partial charge on any atom is -0.588 e. The quantitative estimate of drug-likeness (QED) is 0.364. The summed E-state index contributed by atoms with van der Waals surface area (Å²) < 4.78 is 22.8. The highest BCUT2D eigenvalue weighted by Gasteiger charge is 2.31. The first-order valence-electron chi connectivity index (χ1n) is 14.5. The van der Waals surface area contributed by atoms with Gasteiger partial charge in [-0.1, -0.05) is 57.0 Å². The van der Waals surface area contributed by atoms with Crippen molar-refractivity contribution in [2.75, 3.05) is 31.0 Å². The van der Waals surface area contributed by atoms with Gasteiger partial charge in [0.2, 0.25) is 5.88 Å². The van der Waals surface area contributed by atoms with E-state index in [0.29, 0.717) is 30.3 Å². The van der Waals surface area contributed by atoms with Crippen LogP contribution in [-0.4, -0.2) is 45.7 Å². The molecule has 2 unspecified atom stereocenters. The number of nitrogens with one attached hydrogen (secondary N) is 1. The van der Waals surface area contributed by atoms with Crippen molar-refractivity contribution in [3.63, 3.8) is 0 Å². The van der Waals surface area contributed by atoms with Crippen molar-refractivity contribution in [1.82, 2.24) is 14.9 Å². The van der Waals surface area contributed by atoms with Gasteiger partial charge in [-0.05, 0) is 80.3 Å². The van der Waals surface area contributed by atoms with Crippen molar-refractivity contribution in [1.29, 1.82) is 0 Å². The molecule has 2 aliphatic rings. The Balaban J connectivity index is 1.49. The molecule has 1 N–H and O–H groups in total. The number of ether oxygens (including phenoxy) is 1. The van der Waals surface area contributed by atoms with Crippen molar-refractivity contribution in [3.8, 4) is 17.1 Å². The van der Waals surface area contributed by atoms with Crippen LogP contribution in [0.4, 0.5) is 5.95 Å². The molecular weight excluding hydrogens is 504 g/mol. The molecule has 0 saturated carbocycles. The second-order valence-electron chi connectivity index (χ2n) is 11.3. The molecule has 1 saturated heterocycles. The first-order valence-corrected chi connectivity index (χ1v) is 15.7. The van der Waals surface area contributed by atoms with Gasteiger partial charge in [-0.25, -0.2) is 4.98 Å². The highest BCUT2D eigenvalue weighted by molar-refractivity contribution is 7.92. The van der Waals surface area contributed by atoms with Crippen LogP contribution in [0.25, 0.3) is 11.3 Å². The molecule has 4 bridgehead atoms. The van der Waals surface area contributed by atoms with E-state index in [4.69, 9.17) is 9.72 Å². The second-order valence-corrected chi connectivity index (χ2v) is 12.5. The molecule has 7 heteroatoms. The lowest BCUT2D eigenvalue weighted by Crippen LogP contribution is -2.44. The SMILES string of the molecule is CCC(CC)CN1CCC2CCc3cccc(c3)[S+]([O-])Nc3nc(cc(-c4c(C)cccc4C)n3)OC[C@H]2C1. The maximum atomic E-state index is 13.3. The molecule has 2 aliphatic heterocycles. The van der Waals surface area contributed by atoms with Crippen molar-refractivity contribution in [3.05, 3.63) is 65.2 Å². The molecule has 39 heavy (non-hydrogen) atoms. The fraction of sp³-hybridized carbons (Fsp3) is 0.500. The largest absolute Gasteiger partial charge is 0.588 e. The topological polar surface area (TPSA) is 73.3 Å². The van der Waals surface area contributed by atoms with Gasteiger partial charge in [-0.3, -0.25) is 0 Å². The number of anilines is 1. The molecule has 3 aromatic rings. The van der Waals surface area contributed by atoms with Gasteiger partial charge in [0.25, 0.3) is 5.95 Å². The molecule has 0 aliphatic carbocycles. The molecule has 1 aromatic heterocycles. The highest BCUT2D eigenvalue weighted by Crippen LogP contribution is 2.33. The molecule has 1 fully saturated rings. The average Bonchev–Trinajstić information content (AvgIpc) is 2.93. The zero-order chi connectivity index (χ0) is 27.4. The van der Waals surface area contributed by atoms with Crippen LogP contribution in [0.5, 0.6) is 5.88 Å². The molecule has 3 atom stereocenters. The summed E-state index contributed by atoms with van der Waals surface area (Å²) >= 11 is -1.48. The van der Waals surface area contributed by atoms with E-state index in [0.717, 1.165) is 59.1 Å². The number of benzene rings is 2. The summed E-state index contributed by atoms with van der Waals surface area (Å²) in [4.78, 5) is 12.9. The van der Waals surface area contributed by atoms with E-state index >= 15 is 0 Å². The van der Waals surface area contributed by atoms with E-state index in [9.17, 15) is 4.55 Å². The van der Waals surface area contributed by atoms with E-state index in [-0.39, 0.29) is 0 Å². The second kappa shape index (κ2) is 12.7. The van der Waals surface area contributed by atoms with Gasteiger partial charge in [0.1, 0.15) is 11.4 Å². The molecule has 208 valence electrons. The first kappa shape index (κ1) is 27.9. The third-order valence-electron chi connectivity index (χ3n) is 8.63.